The Balaban J connectivity index is 3.68. The summed E-state index contributed by atoms with van der Waals surface area (Å²) in [5.41, 5.74) is 0. The fraction of sp³-hybridized carbons (Fsp3) is 0.857. The molecule has 0 aromatic heterocycles. The maximum Gasteiger partial charge on any atom is 0.401 e. The maximum atomic E-state index is 11.7. The highest BCUT2D eigenvalue weighted by molar-refractivity contribution is 7.98. The fourth-order valence-electron chi connectivity index (χ4n) is 0.687. The van der Waals surface area contributed by atoms with Gasteiger partial charge in [-0.15, -0.1) is 0 Å². The standard InChI is InChI=1S/C7H11F3N2S/c1-13-3-2-6(4-11)12-5-7(8,9)10/h6,12H,2-3,5H2,1H3. The van der Waals surface area contributed by atoms with E-state index in [2.05, 4.69) is 5.32 Å². The number of halogens is 3. The summed E-state index contributed by atoms with van der Waals surface area (Å²) >= 11 is 1.51. The number of hydrogen-bond acceptors (Lipinski definition) is 3. The molecule has 13 heavy (non-hydrogen) atoms. The summed E-state index contributed by atoms with van der Waals surface area (Å²) in [5, 5.41) is 10.6. The Kier molecular flexibility index (Phi) is 5.91. The summed E-state index contributed by atoms with van der Waals surface area (Å²) in [6.07, 6.45) is -1.96. The van der Waals surface area contributed by atoms with Crippen LogP contribution in [-0.4, -0.2) is 30.8 Å². The molecule has 6 heteroatoms. The first kappa shape index (κ1) is 12.6. The van der Waals surface area contributed by atoms with Crippen molar-refractivity contribution in [2.75, 3.05) is 18.6 Å². The molecule has 2 nitrogen and oxygen atoms in total. The van der Waals surface area contributed by atoms with Gasteiger partial charge in [0.2, 0.25) is 0 Å². The quantitative estimate of drug-likeness (QED) is 0.754. The van der Waals surface area contributed by atoms with Crippen molar-refractivity contribution < 1.29 is 13.2 Å². The van der Waals surface area contributed by atoms with Crippen LogP contribution in [-0.2, 0) is 0 Å². The van der Waals surface area contributed by atoms with Gasteiger partial charge < -0.3 is 0 Å². The summed E-state index contributed by atoms with van der Waals surface area (Å²) in [5.74, 6) is 0.684. The highest BCUT2D eigenvalue weighted by Crippen LogP contribution is 2.13. The van der Waals surface area contributed by atoms with Gasteiger partial charge in [-0.3, -0.25) is 5.32 Å². The number of thioether (sulfide) groups is 1. The molecular weight excluding hydrogens is 201 g/mol. The molecule has 0 spiro atoms. The molecule has 0 amide bonds. The van der Waals surface area contributed by atoms with E-state index < -0.39 is 18.8 Å². The molecule has 0 rings (SSSR count). The maximum absolute atomic E-state index is 11.7. The lowest BCUT2D eigenvalue weighted by Gasteiger charge is -2.12. The van der Waals surface area contributed by atoms with Crippen LogP contribution >= 0.6 is 11.8 Å². The van der Waals surface area contributed by atoms with Crippen molar-refractivity contribution in [2.24, 2.45) is 0 Å². The minimum absolute atomic E-state index is 0.438. The first-order valence-corrected chi connectivity index (χ1v) is 5.07. The Bertz CT molecular complexity index is 176. The van der Waals surface area contributed by atoms with Crippen LogP contribution in [0.15, 0.2) is 0 Å². The lowest BCUT2D eigenvalue weighted by atomic mass is 10.2. The van der Waals surface area contributed by atoms with Crippen LogP contribution in [0.2, 0.25) is 0 Å². The summed E-state index contributed by atoms with van der Waals surface area (Å²) in [6, 6.07) is 1.09. The largest absolute Gasteiger partial charge is 0.401 e. The monoisotopic (exact) mass is 212 g/mol. The predicted octanol–water partition coefficient (Wildman–Crippen LogP) is 1.78. The van der Waals surface area contributed by atoms with Crippen molar-refractivity contribution >= 4 is 11.8 Å². The van der Waals surface area contributed by atoms with Crippen molar-refractivity contribution in [3.63, 3.8) is 0 Å². The van der Waals surface area contributed by atoms with E-state index in [0.29, 0.717) is 12.2 Å². The molecule has 76 valence electrons. The van der Waals surface area contributed by atoms with Gasteiger partial charge in [-0.25, -0.2) is 0 Å². The van der Waals surface area contributed by atoms with E-state index in [1.54, 1.807) is 6.07 Å². The zero-order valence-corrected chi connectivity index (χ0v) is 8.00. The first-order chi connectivity index (χ1) is 5.99. The van der Waals surface area contributed by atoms with E-state index in [4.69, 9.17) is 5.26 Å². The molecule has 0 saturated carbocycles. The summed E-state index contributed by atoms with van der Waals surface area (Å²) < 4.78 is 35.1. The Morgan fingerprint density at radius 2 is 2.15 bits per heavy atom. The second-order valence-corrected chi connectivity index (χ2v) is 3.44. The minimum atomic E-state index is -4.24. The van der Waals surface area contributed by atoms with Gasteiger partial charge in [-0.1, -0.05) is 0 Å². The van der Waals surface area contributed by atoms with Crippen LogP contribution in [0, 0.1) is 11.3 Å². The number of nitrogens with one attached hydrogen (secondary N) is 1. The van der Waals surface area contributed by atoms with Crippen LogP contribution in [0.5, 0.6) is 0 Å². The topological polar surface area (TPSA) is 35.8 Å². The molecule has 0 aliphatic carbocycles. The zero-order valence-electron chi connectivity index (χ0n) is 7.19. The molecule has 0 aromatic rings. The number of hydrogen-bond donors (Lipinski definition) is 1. The van der Waals surface area contributed by atoms with E-state index in [9.17, 15) is 13.2 Å². The summed E-state index contributed by atoms with van der Waals surface area (Å²) in [7, 11) is 0. The number of rotatable bonds is 5. The Morgan fingerprint density at radius 1 is 1.54 bits per heavy atom. The summed E-state index contributed by atoms with van der Waals surface area (Å²) in [4.78, 5) is 0. The molecule has 0 bridgehead atoms. The van der Waals surface area contributed by atoms with Crippen LogP contribution in [0.3, 0.4) is 0 Å². The molecule has 0 radical (unpaired) electrons. The van der Waals surface area contributed by atoms with Crippen LogP contribution in [0.25, 0.3) is 0 Å². The van der Waals surface area contributed by atoms with Crippen LogP contribution in [0.1, 0.15) is 6.42 Å². The third-order valence-electron chi connectivity index (χ3n) is 1.32. The van der Waals surface area contributed by atoms with Gasteiger partial charge >= 0.3 is 6.18 Å². The number of nitriles is 1. The molecule has 0 heterocycles. The second kappa shape index (κ2) is 6.11. The van der Waals surface area contributed by atoms with Crippen LogP contribution < -0.4 is 5.32 Å². The van der Waals surface area contributed by atoms with Gasteiger partial charge in [0.15, 0.2) is 0 Å². The van der Waals surface area contributed by atoms with Gasteiger partial charge in [0.05, 0.1) is 18.7 Å². The molecule has 0 saturated heterocycles. The number of alkyl halides is 3. The molecule has 1 unspecified atom stereocenters. The molecule has 0 aliphatic rings. The lowest BCUT2D eigenvalue weighted by molar-refractivity contribution is -0.125. The molecule has 1 N–H and O–H groups in total. The Hall–Kier alpha value is -0.410. The second-order valence-electron chi connectivity index (χ2n) is 2.46. The minimum Gasteiger partial charge on any atom is -0.294 e. The molecule has 1 atom stereocenters. The Morgan fingerprint density at radius 3 is 2.54 bits per heavy atom. The van der Waals surface area contributed by atoms with Gasteiger partial charge in [-0.2, -0.15) is 30.2 Å². The van der Waals surface area contributed by atoms with Crippen molar-refractivity contribution in [2.45, 2.75) is 18.6 Å². The van der Waals surface area contributed by atoms with Crippen molar-refractivity contribution in [1.29, 1.82) is 5.26 Å². The van der Waals surface area contributed by atoms with Crippen molar-refractivity contribution in [3.05, 3.63) is 0 Å². The highest BCUT2D eigenvalue weighted by atomic mass is 32.2. The zero-order chi connectivity index (χ0) is 10.3. The first-order valence-electron chi connectivity index (χ1n) is 3.68. The van der Waals surface area contributed by atoms with Gasteiger partial charge in [-0.05, 0) is 18.4 Å². The fourth-order valence-corrected chi connectivity index (χ4v) is 1.16. The predicted molar refractivity (Wildman–Crippen MR) is 46.5 cm³/mol. The Labute approximate surface area is 79.5 Å². The van der Waals surface area contributed by atoms with E-state index in [1.807, 2.05) is 6.26 Å². The SMILES string of the molecule is CSCCC(C#N)NCC(F)(F)F. The van der Waals surface area contributed by atoms with E-state index in [0.717, 1.165) is 0 Å². The number of nitrogens with zero attached hydrogens (tertiary/aromatic N) is 1. The third-order valence-corrected chi connectivity index (χ3v) is 1.96. The highest BCUT2D eigenvalue weighted by Gasteiger charge is 2.27. The smallest absolute Gasteiger partial charge is 0.294 e. The van der Waals surface area contributed by atoms with E-state index in [1.165, 1.54) is 11.8 Å². The molecular formula is C7H11F3N2S. The van der Waals surface area contributed by atoms with Gasteiger partial charge in [0.25, 0.3) is 0 Å². The normalized spacial score (nSPS) is 13.8. The van der Waals surface area contributed by atoms with Crippen molar-refractivity contribution in [3.8, 4) is 6.07 Å². The lowest BCUT2D eigenvalue weighted by Crippen LogP contribution is -2.36. The summed E-state index contributed by atoms with van der Waals surface area (Å²) in [6.45, 7) is -1.10. The third kappa shape index (κ3) is 7.94. The van der Waals surface area contributed by atoms with E-state index in [-0.39, 0.29) is 0 Å². The average Bonchev–Trinajstić information content (AvgIpc) is 2.03. The van der Waals surface area contributed by atoms with Gasteiger partial charge in [0.1, 0.15) is 0 Å². The van der Waals surface area contributed by atoms with E-state index >= 15 is 0 Å². The molecule has 0 aromatic carbocycles. The average molecular weight is 212 g/mol. The van der Waals surface area contributed by atoms with Crippen molar-refractivity contribution in [1.82, 2.24) is 5.32 Å². The molecule has 0 aliphatic heterocycles. The van der Waals surface area contributed by atoms with Gasteiger partial charge in [0, 0.05) is 0 Å². The van der Waals surface area contributed by atoms with Crippen LogP contribution in [0.4, 0.5) is 13.2 Å². The molecule has 0 fully saturated rings.